The van der Waals surface area contributed by atoms with Crippen LogP contribution in [0.15, 0.2) is 29.3 Å². The number of benzene rings is 1. The Morgan fingerprint density at radius 1 is 1.20 bits per heavy atom. The summed E-state index contributed by atoms with van der Waals surface area (Å²) in [7, 11) is 4.42. The number of likely N-dealkylation sites (N-methyl/N-ethyl adjacent to an activating group) is 2. The third kappa shape index (κ3) is 5.40. The predicted octanol–water partition coefficient (Wildman–Crippen LogP) is 3.24. The van der Waals surface area contributed by atoms with Gasteiger partial charge >= 0.3 is 0 Å². The fraction of sp³-hybridized carbons (Fsp3) is 0.696. The van der Waals surface area contributed by atoms with E-state index < -0.39 is 0 Å². The summed E-state index contributed by atoms with van der Waals surface area (Å²) in [5.41, 5.74) is 1.25. The summed E-state index contributed by atoms with van der Waals surface area (Å²) in [5.74, 6) is 1.96. The molecule has 1 spiro atoms. The summed E-state index contributed by atoms with van der Waals surface area (Å²) in [4.78, 5) is 9.83. The van der Waals surface area contributed by atoms with Gasteiger partial charge in [-0.25, -0.2) is 0 Å². The highest BCUT2D eigenvalue weighted by molar-refractivity contribution is 14.0. The minimum absolute atomic E-state index is 0. The van der Waals surface area contributed by atoms with Crippen LogP contribution in [0.3, 0.4) is 0 Å². The Morgan fingerprint density at radius 2 is 1.97 bits per heavy atom. The monoisotopic (exact) mass is 527 g/mol. The number of ether oxygens (including phenoxy) is 1. The highest BCUT2D eigenvalue weighted by Crippen LogP contribution is 2.46. The van der Waals surface area contributed by atoms with Gasteiger partial charge in [0.05, 0.1) is 12.6 Å². The zero-order chi connectivity index (χ0) is 20.3. The van der Waals surface area contributed by atoms with Gasteiger partial charge in [-0.3, -0.25) is 9.89 Å². The minimum atomic E-state index is -0.00432. The van der Waals surface area contributed by atoms with Crippen LogP contribution in [0.25, 0.3) is 0 Å². The van der Waals surface area contributed by atoms with Crippen molar-refractivity contribution >= 4 is 29.9 Å². The number of hydrogen-bond donors (Lipinski definition) is 2. The zero-order valence-electron chi connectivity index (χ0n) is 18.7. The van der Waals surface area contributed by atoms with Gasteiger partial charge in [-0.15, -0.1) is 24.0 Å². The molecule has 3 aliphatic rings. The summed E-state index contributed by atoms with van der Waals surface area (Å²) in [5, 5.41) is 7.23. The number of rotatable bonds is 4. The average Bonchev–Trinajstić information content (AvgIpc) is 3.16. The fourth-order valence-electron chi connectivity index (χ4n) is 5.05. The molecule has 7 heteroatoms. The lowest BCUT2D eigenvalue weighted by Gasteiger charge is -2.40. The molecule has 2 heterocycles. The van der Waals surface area contributed by atoms with E-state index in [1.54, 1.807) is 0 Å². The summed E-state index contributed by atoms with van der Waals surface area (Å²) in [6.45, 7) is 7.12. The molecule has 1 aromatic rings. The molecule has 168 valence electrons. The van der Waals surface area contributed by atoms with Crippen molar-refractivity contribution in [3.8, 4) is 5.75 Å². The predicted molar refractivity (Wildman–Crippen MR) is 134 cm³/mol. The number of para-hydroxylation sites is 1. The lowest BCUT2D eigenvalue weighted by Crippen LogP contribution is -2.52. The normalized spacial score (nSPS) is 26.6. The molecule has 2 aliphatic heterocycles. The molecule has 1 aliphatic carbocycles. The summed E-state index contributed by atoms with van der Waals surface area (Å²) in [6, 6.07) is 9.22. The first-order chi connectivity index (χ1) is 14.1. The Morgan fingerprint density at radius 3 is 2.73 bits per heavy atom. The first-order valence-electron chi connectivity index (χ1n) is 11.3. The SMILES string of the molecule is CCNC(=NCC1CN(C)CCN1C)NC1CC2(CCCC2)Oc2ccccc21.I. The molecule has 1 saturated heterocycles. The molecule has 6 nitrogen and oxygen atoms in total. The van der Waals surface area contributed by atoms with Crippen molar-refractivity contribution in [1.29, 1.82) is 0 Å². The van der Waals surface area contributed by atoms with Crippen molar-refractivity contribution in [2.24, 2.45) is 4.99 Å². The van der Waals surface area contributed by atoms with Crippen LogP contribution in [-0.2, 0) is 0 Å². The van der Waals surface area contributed by atoms with Gasteiger partial charge in [0.2, 0.25) is 0 Å². The van der Waals surface area contributed by atoms with Crippen LogP contribution in [0.4, 0.5) is 0 Å². The van der Waals surface area contributed by atoms with Crippen molar-refractivity contribution in [2.75, 3.05) is 46.8 Å². The average molecular weight is 527 g/mol. The number of nitrogens with zero attached hydrogens (tertiary/aromatic N) is 3. The molecule has 0 amide bonds. The van der Waals surface area contributed by atoms with Crippen LogP contribution in [-0.4, -0.2) is 74.2 Å². The van der Waals surface area contributed by atoms with Crippen molar-refractivity contribution in [2.45, 2.75) is 56.7 Å². The maximum absolute atomic E-state index is 6.52. The van der Waals surface area contributed by atoms with Crippen molar-refractivity contribution in [3.05, 3.63) is 29.8 Å². The lowest BCUT2D eigenvalue weighted by molar-refractivity contribution is 0.0396. The maximum atomic E-state index is 6.52. The van der Waals surface area contributed by atoms with E-state index in [9.17, 15) is 0 Å². The van der Waals surface area contributed by atoms with E-state index in [-0.39, 0.29) is 35.6 Å². The Balaban J connectivity index is 0.00000256. The van der Waals surface area contributed by atoms with Crippen LogP contribution in [0.2, 0.25) is 0 Å². The largest absolute Gasteiger partial charge is 0.487 e. The molecule has 0 bridgehead atoms. The molecule has 0 radical (unpaired) electrons. The second kappa shape index (κ2) is 10.5. The first-order valence-corrected chi connectivity index (χ1v) is 11.3. The molecular weight excluding hydrogens is 489 g/mol. The van der Waals surface area contributed by atoms with Gasteiger partial charge in [-0.1, -0.05) is 18.2 Å². The van der Waals surface area contributed by atoms with Crippen molar-refractivity contribution < 1.29 is 4.74 Å². The molecule has 4 rings (SSSR count). The number of hydrogen-bond acceptors (Lipinski definition) is 4. The molecule has 2 unspecified atom stereocenters. The van der Waals surface area contributed by atoms with E-state index >= 15 is 0 Å². The number of guanidine groups is 1. The van der Waals surface area contributed by atoms with E-state index in [1.807, 2.05) is 0 Å². The van der Waals surface area contributed by atoms with Crippen LogP contribution in [0, 0.1) is 0 Å². The second-order valence-corrected chi connectivity index (χ2v) is 9.05. The third-order valence-electron chi connectivity index (χ3n) is 6.81. The van der Waals surface area contributed by atoms with Crippen LogP contribution in [0.5, 0.6) is 5.75 Å². The van der Waals surface area contributed by atoms with Gasteiger partial charge in [0.25, 0.3) is 0 Å². The van der Waals surface area contributed by atoms with E-state index in [0.717, 1.165) is 63.7 Å². The summed E-state index contributed by atoms with van der Waals surface area (Å²) in [6.07, 6.45) is 5.87. The highest BCUT2D eigenvalue weighted by atomic mass is 127. The quantitative estimate of drug-likeness (QED) is 0.358. The summed E-state index contributed by atoms with van der Waals surface area (Å²) >= 11 is 0. The smallest absolute Gasteiger partial charge is 0.191 e. The van der Waals surface area contributed by atoms with Gasteiger partial charge in [0.1, 0.15) is 11.4 Å². The fourth-order valence-corrected chi connectivity index (χ4v) is 5.05. The van der Waals surface area contributed by atoms with Gasteiger partial charge in [-0.05, 0) is 52.8 Å². The van der Waals surface area contributed by atoms with Crippen LogP contribution >= 0.6 is 24.0 Å². The molecule has 1 aromatic carbocycles. The van der Waals surface area contributed by atoms with E-state index in [0.29, 0.717) is 6.04 Å². The Labute approximate surface area is 198 Å². The first kappa shape index (κ1) is 23.6. The standard InChI is InChI=1S/C23H37N5O.HI/c1-4-24-22(25-16-18-17-27(2)13-14-28(18)3)26-20-15-23(11-7-8-12-23)29-21-10-6-5-9-19(20)21;/h5-6,9-10,18,20H,4,7-8,11-17H2,1-3H3,(H2,24,25,26);1H. The van der Waals surface area contributed by atoms with Gasteiger partial charge in [0, 0.05) is 44.2 Å². The van der Waals surface area contributed by atoms with Crippen LogP contribution < -0.4 is 15.4 Å². The van der Waals surface area contributed by atoms with E-state index in [1.165, 1.54) is 18.4 Å². The molecule has 30 heavy (non-hydrogen) atoms. The van der Waals surface area contributed by atoms with Crippen molar-refractivity contribution in [3.63, 3.8) is 0 Å². The van der Waals surface area contributed by atoms with Crippen molar-refractivity contribution in [1.82, 2.24) is 20.4 Å². The summed E-state index contributed by atoms with van der Waals surface area (Å²) < 4.78 is 6.52. The Hall–Kier alpha value is -1.06. The number of fused-ring (bicyclic) bond motifs is 1. The third-order valence-corrected chi connectivity index (χ3v) is 6.81. The highest BCUT2D eigenvalue weighted by Gasteiger charge is 2.43. The zero-order valence-corrected chi connectivity index (χ0v) is 21.0. The molecule has 2 N–H and O–H groups in total. The van der Waals surface area contributed by atoms with Gasteiger partial charge < -0.3 is 20.3 Å². The molecular formula is C23H38IN5O. The maximum Gasteiger partial charge on any atom is 0.191 e. The molecule has 2 fully saturated rings. The minimum Gasteiger partial charge on any atom is -0.487 e. The Bertz CT molecular complexity index is 721. The lowest BCUT2D eigenvalue weighted by atomic mass is 9.86. The van der Waals surface area contributed by atoms with E-state index in [2.05, 4.69) is 65.7 Å². The Kier molecular flexibility index (Phi) is 8.26. The number of piperazine rings is 1. The molecule has 1 saturated carbocycles. The van der Waals surface area contributed by atoms with Crippen LogP contribution in [0.1, 0.15) is 50.6 Å². The second-order valence-electron chi connectivity index (χ2n) is 9.05. The number of nitrogens with one attached hydrogen (secondary N) is 2. The van der Waals surface area contributed by atoms with Gasteiger partial charge in [0.15, 0.2) is 5.96 Å². The topological polar surface area (TPSA) is 52.1 Å². The molecule has 2 atom stereocenters. The number of halogens is 1. The number of aliphatic imine (C=N–C) groups is 1. The molecule has 0 aromatic heterocycles. The van der Waals surface area contributed by atoms with E-state index in [4.69, 9.17) is 9.73 Å². The van der Waals surface area contributed by atoms with Gasteiger partial charge in [-0.2, -0.15) is 0 Å².